The Balaban J connectivity index is 1.55. The van der Waals surface area contributed by atoms with E-state index in [0.29, 0.717) is 29.0 Å². The van der Waals surface area contributed by atoms with Crippen LogP contribution in [0.3, 0.4) is 0 Å². The third kappa shape index (κ3) is 4.63. The molecule has 1 aliphatic rings. The topological polar surface area (TPSA) is 77.3 Å². The molecule has 0 aliphatic carbocycles. The van der Waals surface area contributed by atoms with Gasteiger partial charge in [-0.15, -0.1) is 10.2 Å². The molecule has 0 atom stereocenters. The maximum atomic E-state index is 12.6. The molecule has 1 aliphatic heterocycles. The Hall–Kier alpha value is -2.36. The Morgan fingerprint density at radius 1 is 0.931 bits per heavy atom. The predicted molar refractivity (Wildman–Crippen MR) is 114 cm³/mol. The fourth-order valence-corrected chi connectivity index (χ4v) is 5.73. The van der Waals surface area contributed by atoms with Gasteiger partial charge in [0.2, 0.25) is 5.95 Å². The van der Waals surface area contributed by atoms with Crippen molar-refractivity contribution in [3.63, 3.8) is 0 Å². The van der Waals surface area contributed by atoms with Crippen molar-refractivity contribution in [2.45, 2.75) is 10.1 Å². The van der Waals surface area contributed by atoms with Crippen molar-refractivity contribution < 1.29 is 13.2 Å². The van der Waals surface area contributed by atoms with Gasteiger partial charge in [-0.3, -0.25) is 4.57 Å². The fourth-order valence-electron chi connectivity index (χ4n) is 3.12. The molecule has 0 amide bonds. The highest BCUT2D eigenvalue weighted by molar-refractivity contribution is 8.00. The number of para-hydroxylation sites is 1. The van der Waals surface area contributed by atoms with Crippen molar-refractivity contribution in [2.75, 3.05) is 42.7 Å². The number of ether oxygens (including phenoxy) is 1. The normalized spacial score (nSPS) is 14.8. The maximum Gasteiger partial charge on any atom is 0.232 e. The number of rotatable bonds is 7. The van der Waals surface area contributed by atoms with Crippen LogP contribution in [0.25, 0.3) is 5.69 Å². The summed E-state index contributed by atoms with van der Waals surface area (Å²) < 4.78 is 32.5. The second-order valence-corrected chi connectivity index (χ2v) is 9.70. The van der Waals surface area contributed by atoms with Gasteiger partial charge in [0.15, 0.2) is 15.0 Å². The van der Waals surface area contributed by atoms with Crippen molar-refractivity contribution >= 4 is 27.5 Å². The van der Waals surface area contributed by atoms with Crippen LogP contribution in [0.5, 0.6) is 0 Å². The van der Waals surface area contributed by atoms with Crippen molar-refractivity contribution in [3.8, 4) is 5.69 Å². The number of anilines is 1. The van der Waals surface area contributed by atoms with Crippen LogP contribution in [-0.4, -0.2) is 61.0 Å². The van der Waals surface area contributed by atoms with Crippen molar-refractivity contribution in [1.82, 2.24) is 14.8 Å². The van der Waals surface area contributed by atoms with Crippen LogP contribution >= 0.6 is 11.8 Å². The van der Waals surface area contributed by atoms with E-state index < -0.39 is 9.84 Å². The zero-order valence-electron chi connectivity index (χ0n) is 15.8. The van der Waals surface area contributed by atoms with Crippen LogP contribution in [0.1, 0.15) is 0 Å². The molecule has 1 aromatic heterocycles. The van der Waals surface area contributed by atoms with Crippen LogP contribution in [0.15, 0.2) is 70.7 Å². The van der Waals surface area contributed by atoms with E-state index in [1.807, 2.05) is 41.0 Å². The predicted octanol–water partition coefficient (Wildman–Crippen LogP) is 2.67. The summed E-state index contributed by atoms with van der Waals surface area (Å²) in [5.41, 5.74) is 0.951. The fraction of sp³-hybridized carbons (Fsp3) is 0.300. The molecule has 2 heterocycles. The molecule has 0 unspecified atom stereocenters. The molecule has 9 heteroatoms. The van der Waals surface area contributed by atoms with E-state index in [0.717, 1.165) is 24.7 Å². The number of benzene rings is 2. The molecule has 7 nitrogen and oxygen atoms in total. The third-order valence-electron chi connectivity index (χ3n) is 4.61. The Bertz CT molecular complexity index is 1030. The van der Waals surface area contributed by atoms with Gasteiger partial charge < -0.3 is 9.64 Å². The SMILES string of the molecule is O=S(=O)(CCSc1nnc(N2CCOCC2)n1-c1ccccc1)c1ccccc1. The van der Waals surface area contributed by atoms with Gasteiger partial charge in [0.1, 0.15) is 0 Å². The first-order valence-electron chi connectivity index (χ1n) is 9.39. The van der Waals surface area contributed by atoms with Crippen LogP contribution < -0.4 is 4.90 Å². The number of aromatic nitrogens is 3. The summed E-state index contributed by atoms with van der Waals surface area (Å²) in [6.07, 6.45) is 0. The number of nitrogens with zero attached hydrogens (tertiary/aromatic N) is 4. The zero-order valence-corrected chi connectivity index (χ0v) is 17.5. The van der Waals surface area contributed by atoms with Gasteiger partial charge >= 0.3 is 0 Å². The molecule has 0 bridgehead atoms. The lowest BCUT2D eigenvalue weighted by Gasteiger charge is -2.27. The maximum absolute atomic E-state index is 12.6. The van der Waals surface area contributed by atoms with Crippen molar-refractivity contribution in [1.29, 1.82) is 0 Å². The van der Waals surface area contributed by atoms with Crippen molar-refractivity contribution in [3.05, 3.63) is 60.7 Å². The quantitative estimate of drug-likeness (QED) is 0.533. The van der Waals surface area contributed by atoms with Crippen LogP contribution in [0.2, 0.25) is 0 Å². The number of hydrogen-bond acceptors (Lipinski definition) is 7. The van der Waals surface area contributed by atoms with E-state index >= 15 is 0 Å². The van der Waals surface area contributed by atoms with Crippen LogP contribution in [0.4, 0.5) is 5.95 Å². The van der Waals surface area contributed by atoms with Gasteiger partial charge in [-0.25, -0.2) is 8.42 Å². The summed E-state index contributed by atoms with van der Waals surface area (Å²) in [5.74, 6) is 1.19. The molecule has 0 radical (unpaired) electrons. The van der Waals surface area contributed by atoms with E-state index in [1.54, 1.807) is 24.3 Å². The number of thioether (sulfide) groups is 1. The van der Waals surface area contributed by atoms with Gasteiger partial charge in [0.05, 0.1) is 29.5 Å². The number of morpholine rings is 1. The summed E-state index contributed by atoms with van der Waals surface area (Å²) in [6.45, 7) is 2.80. The first-order valence-corrected chi connectivity index (χ1v) is 12.0. The summed E-state index contributed by atoms with van der Waals surface area (Å²) in [4.78, 5) is 2.49. The zero-order chi connectivity index (χ0) is 20.1. The molecular weight excluding hydrogens is 408 g/mol. The largest absolute Gasteiger partial charge is 0.378 e. The first kappa shape index (κ1) is 19.9. The molecule has 3 aromatic rings. The third-order valence-corrected chi connectivity index (χ3v) is 7.53. The standard InChI is InChI=1S/C20H22N4O3S2/c25-29(26,18-9-5-2-6-10-18)16-15-28-20-22-21-19(23-11-13-27-14-12-23)24(20)17-7-3-1-4-8-17/h1-10H,11-16H2. The summed E-state index contributed by atoms with van der Waals surface area (Å²) in [7, 11) is -3.33. The van der Waals surface area contributed by atoms with E-state index in [1.165, 1.54) is 11.8 Å². The first-order chi connectivity index (χ1) is 14.1. The highest BCUT2D eigenvalue weighted by Crippen LogP contribution is 2.27. The Labute approximate surface area is 174 Å². The second-order valence-electron chi connectivity index (χ2n) is 6.53. The lowest BCUT2D eigenvalue weighted by molar-refractivity contribution is 0.122. The summed E-state index contributed by atoms with van der Waals surface area (Å²) in [6, 6.07) is 18.4. The molecular formula is C20H22N4O3S2. The van der Waals surface area contributed by atoms with Crippen LogP contribution in [-0.2, 0) is 14.6 Å². The molecule has 0 saturated carbocycles. The van der Waals surface area contributed by atoms with Gasteiger partial charge in [-0.2, -0.15) is 0 Å². The van der Waals surface area contributed by atoms with Gasteiger partial charge in [0.25, 0.3) is 0 Å². The average Bonchev–Trinajstić information content (AvgIpc) is 3.19. The molecule has 2 aromatic carbocycles. The molecule has 4 rings (SSSR count). The minimum Gasteiger partial charge on any atom is -0.378 e. The van der Waals surface area contributed by atoms with E-state index in [4.69, 9.17) is 4.74 Å². The molecule has 152 valence electrons. The monoisotopic (exact) mass is 430 g/mol. The number of hydrogen-bond donors (Lipinski definition) is 0. The Kier molecular flexibility index (Phi) is 6.17. The molecule has 29 heavy (non-hydrogen) atoms. The highest BCUT2D eigenvalue weighted by atomic mass is 32.2. The van der Waals surface area contributed by atoms with Crippen LogP contribution in [0, 0.1) is 0 Å². The molecule has 1 fully saturated rings. The van der Waals surface area contributed by atoms with Crippen molar-refractivity contribution in [2.24, 2.45) is 0 Å². The van der Waals surface area contributed by atoms with Gasteiger partial charge in [0, 0.05) is 18.8 Å². The molecule has 0 spiro atoms. The average molecular weight is 431 g/mol. The lowest BCUT2D eigenvalue weighted by atomic mass is 10.3. The smallest absolute Gasteiger partial charge is 0.232 e. The Morgan fingerprint density at radius 2 is 1.59 bits per heavy atom. The van der Waals surface area contributed by atoms with E-state index in [2.05, 4.69) is 15.1 Å². The van der Waals surface area contributed by atoms with Gasteiger partial charge in [-0.1, -0.05) is 48.2 Å². The molecule has 1 saturated heterocycles. The van der Waals surface area contributed by atoms with E-state index in [-0.39, 0.29) is 5.75 Å². The highest BCUT2D eigenvalue weighted by Gasteiger charge is 2.22. The number of sulfone groups is 1. The second kappa shape index (κ2) is 8.98. The molecule has 0 N–H and O–H groups in total. The van der Waals surface area contributed by atoms with Gasteiger partial charge in [-0.05, 0) is 24.3 Å². The van der Waals surface area contributed by atoms with E-state index in [9.17, 15) is 8.42 Å². The minimum absolute atomic E-state index is 0.0379. The lowest BCUT2D eigenvalue weighted by Crippen LogP contribution is -2.37. The minimum atomic E-state index is -3.33. The summed E-state index contributed by atoms with van der Waals surface area (Å²) >= 11 is 1.40. The Morgan fingerprint density at radius 3 is 2.28 bits per heavy atom. The summed E-state index contributed by atoms with van der Waals surface area (Å²) in [5, 5.41) is 9.44.